The zero-order valence-electron chi connectivity index (χ0n) is 16.1. The molecule has 5 heteroatoms. The van der Waals surface area contributed by atoms with Crippen molar-refractivity contribution in [3.8, 4) is 17.2 Å². The number of benzene rings is 4. The quantitative estimate of drug-likeness (QED) is 0.455. The van der Waals surface area contributed by atoms with Gasteiger partial charge in [-0.3, -0.25) is 0 Å². The Hall–Kier alpha value is -3.73. The Morgan fingerprint density at radius 3 is 2.24 bits per heavy atom. The summed E-state index contributed by atoms with van der Waals surface area (Å²) in [4.78, 5) is 11.8. The van der Waals surface area contributed by atoms with Crippen LogP contribution in [0.15, 0.2) is 66.7 Å². The van der Waals surface area contributed by atoms with Gasteiger partial charge in [0, 0.05) is 0 Å². The van der Waals surface area contributed by atoms with Crippen LogP contribution >= 0.6 is 0 Å². The number of carboxylic acid groups (broad SMARTS) is 1. The van der Waals surface area contributed by atoms with Crippen LogP contribution in [0.2, 0.25) is 0 Å². The molecule has 0 aliphatic heterocycles. The van der Waals surface area contributed by atoms with Crippen LogP contribution in [0.4, 0.5) is 0 Å². The maximum Gasteiger partial charge on any atom is 0.336 e. The van der Waals surface area contributed by atoms with Gasteiger partial charge in [-0.1, -0.05) is 30.3 Å². The summed E-state index contributed by atoms with van der Waals surface area (Å²) in [6.07, 6.45) is 0. The molecule has 0 amide bonds. The second kappa shape index (κ2) is 7.72. The van der Waals surface area contributed by atoms with Crippen LogP contribution in [0.3, 0.4) is 0 Å². The third kappa shape index (κ3) is 3.55. The van der Waals surface area contributed by atoms with Gasteiger partial charge in [-0.05, 0) is 63.5 Å². The highest BCUT2D eigenvalue weighted by molar-refractivity contribution is 6.16. The number of hydrogen-bond donors (Lipinski definition) is 1. The van der Waals surface area contributed by atoms with Gasteiger partial charge >= 0.3 is 5.97 Å². The number of carbonyl (C=O) groups is 1. The molecule has 4 aromatic rings. The molecule has 0 atom stereocenters. The highest BCUT2D eigenvalue weighted by atomic mass is 16.5. The van der Waals surface area contributed by atoms with Crippen LogP contribution in [-0.4, -0.2) is 25.3 Å². The van der Waals surface area contributed by atoms with Crippen LogP contribution in [0.5, 0.6) is 17.2 Å². The van der Waals surface area contributed by atoms with E-state index >= 15 is 0 Å². The molecule has 5 nitrogen and oxygen atoms in total. The average Bonchev–Trinajstić information content (AvgIpc) is 2.76. The van der Waals surface area contributed by atoms with Crippen molar-refractivity contribution in [3.63, 3.8) is 0 Å². The third-order valence-corrected chi connectivity index (χ3v) is 4.91. The standard InChI is InChI=1S/C24H20O5/c1-27-22-11-16-10-21(24(25)26)18-9-8-17(29-14-15-6-4-3-5-7-15)12-20(18)19(16)13-23(22)28-2/h3-13H,14H2,1-2H3,(H,25,26). The maximum atomic E-state index is 11.8. The molecule has 0 unspecified atom stereocenters. The molecular weight excluding hydrogens is 368 g/mol. The van der Waals surface area contributed by atoms with E-state index in [4.69, 9.17) is 14.2 Å². The fourth-order valence-electron chi connectivity index (χ4n) is 3.47. The normalized spacial score (nSPS) is 10.8. The Morgan fingerprint density at radius 1 is 0.828 bits per heavy atom. The van der Waals surface area contributed by atoms with Crippen molar-refractivity contribution < 1.29 is 24.1 Å². The van der Waals surface area contributed by atoms with E-state index in [0.29, 0.717) is 29.2 Å². The minimum absolute atomic E-state index is 0.231. The molecule has 0 saturated heterocycles. The SMILES string of the molecule is COc1cc2cc(C(=O)O)c3ccc(OCc4ccccc4)cc3c2cc1OC. The van der Waals surface area contributed by atoms with Crippen molar-refractivity contribution in [2.24, 2.45) is 0 Å². The minimum atomic E-state index is -0.982. The van der Waals surface area contributed by atoms with Crippen molar-refractivity contribution in [2.45, 2.75) is 6.61 Å². The summed E-state index contributed by atoms with van der Waals surface area (Å²) in [6.45, 7) is 0.431. The smallest absolute Gasteiger partial charge is 0.336 e. The van der Waals surface area contributed by atoms with Crippen molar-refractivity contribution in [1.82, 2.24) is 0 Å². The second-order valence-corrected chi connectivity index (χ2v) is 6.64. The molecule has 0 aromatic heterocycles. The topological polar surface area (TPSA) is 65.0 Å². The fourth-order valence-corrected chi connectivity index (χ4v) is 3.47. The highest BCUT2D eigenvalue weighted by Gasteiger charge is 2.16. The number of carboxylic acids is 1. The molecule has 0 radical (unpaired) electrons. The minimum Gasteiger partial charge on any atom is -0.493 e. The lowest BCUT2D eigenvalue weighted by Gasteiger charge is -2.14. The van der Waals surface area contributed by atoms with Crippen molar-refractivity contribution >= 4 is 27.5 Å². The number of rotatable bonds is 6. The molecule has 0 fully saturated rings. The van der Waals surface area contributed by atoms with Gasteiger partial charge in [-0.15, -0.1) is 0 Å². The Kier molecular flexibility index (Phi) is 4.96. The van der Waals surface area contributed by atoms with E-state index in [9.17, 15) is 9.90 Å². The molecule has 0 bridgehead atoms. The summed E-state index contributed by atoms with van der Waals surface area (Å²) in [6, 6.07) is 20.6. The summed E-state index contributed by atoms with van der Waals surface area (Å²) < 4.78 is 16.8. The van der Waals surface area contributed by atoms with Crippen LogP contribution in [-0.2, 0) is 6.61 Å². The molecular formula is C24H20O5. The first-order valence-electron chi connectivity index (χ1n) is 9.13. The number of hydrogen-bond acceptors (Lipinski definition) is 4. The van der Waals surface area contributed by atoms with E-state index in [0.717, 1.165) is 21.7 Å². The Bertz CT molecular complexity index is 1200. The number of aromatic carboxylic acids is 1. The van der Waals surface area contributed by atoms with Crippen LogP contribution in [0, 0.1) is 0 Å². The molecule has 0 saturated carbocycles. The van der Waals surface area contributed by atoms with Gasteiger partial charge in [0.25, 0.3) is 0 Å². The monoisotopic (exact) mass is 388 g/mol. The number of methoxy groups -OCH3 is 2. The number of ether oxygens (including phenoxy) is 3. The van der Waals surface area contributed by atoms with Gasteiger partial charge in [-0.2, -0.15) is 0 Å². The first kappa shape index (κ1) is 18.6. The van der Waals surface area contributed by atoms with Crippen molar-refractivity contribution in [3.05, 3.63) is 77.9 Å². The lowest BCUT2D eigenvalue weighted by atomic mass is 9.96. The summed E-state index contributed by atoms with van der Waals surface area (Å²) >= 11 is 0. The third-order valence-electron chi connectivity index (χ3n) is 4.91. The van der Waals surface area contributed by atoms with Crippen LogP contribution in [0.25, 0.3) is 21.5 Å². The fraction of sp³-hybridized carbons (Fsp3) is 0.125. The van der Waals surface area contributed by atoms with Crippen LogP contribution in [0.1, 0.15) is 15.9 Å². The molecule has 4 aromatic carbocycles. The lowest BCUT2D eigenvalue weighted by molar-refractivity contribution is 0.0699. The zero-order chi connectivity index (χ0) is 20.4. The molecule has 1 N–H and O–H groups in total. The van der Waals surface area contributed by atoms with Gasteiger partial charge in [0.1, 0.15) is 12.4 Å². The van der Waals surface area contributed by atoms with E-state index in [2.05, 4.69) is 0 Å². The summed E-state index contributed by atoms with van der Waals surface area (Å²) in [7, 11) is 3.13. The summed E-state index contributed by atoms with van der Waals surface area (Å²) in [5.41, 5.74) is 1.29. The molecule has 0 aliphatic rings. The van der Waals surface area contributed by atoms with E-state index in [1.807, 2.05) is 42.5 Å². The first-order valence-corrected chi connectivity index (χ1v) is 9.13. The van der Waals surface area contributed by atoms with Gasteiger partial charge in [0.2, 0.25) is 0 Å². The number of fused-ring (bicyclic) bond motifs is 3. The van der Waals surface area contributed by atoms with Gasteiger partial charge in [0.15, 0.2) is 11.5 Å². The predicted molar refractivity (Wildman–Crippen MR) is 112 cm³/mol. The van der Waals surface area contributed by atoms with Gasteiger partial charge in [-0.25, -0.2) is 4.79 Å². The van der Waals surface area contributed by atoms with Crippen LogP contribution < -0.4 is 14.2 Å². The highest BCUT2D eigenvalue weighted by Crippen LogP contribution is 2.38. The lowest BCUT2D eigenvalue weighted by Crippen LogP contribution is -2.00. The maximum absolute atomic E-state index is 11.8. The van der Waals surface area contributed by atoms with E-state index in [1.54, 1.807) is 38.5 Å². The Morgan fingerprint density at radius 2 is 1.55 bits per heavy atom. The molecule has 0 spiro atoms. The van der Waals surface area contributed by atoms with Crippen molar-refractivity contribution in [2.75, 3.05) is 14.2 Å². The van der Waals surface area contributed by atoms with Crippen molar-refractivity contribution in [1.29, 1.82) is 0 Å². The Labute approximate surface area is 168 Å². The average molecular weight is 388 g/mol. The summed E-state index contributed by atoms with van der Waals surface area (Å²) in [5.74, 6) is 0.816. The first-order chi connectivity index (χ1) is 14.1. The zero-order valence-corrected chi connectivity index (χ0v) is 16.1. The molecule has 29 heavy (non-hydrogen) atoms. The molecule has 0 aliphatic carbocycles. The van der Waals surface area contributed by atoms with Gasteiger partial charge < -0.3 is 19.3 Å². The van der Waals surface area contributed by atoms with Gasteiger partial charge in [0.05, 0.1) is 19.8 Å². The predicted octanol–water partition coefficient (Wildman–Crippen LogP) is 5.29. The van der Waals surface area contributed by atoms with E-state index in [1.165, 1.54) is 0 Å². The molecule has 4 rings (SSSR count). The largest absolute Gasteiger partial charge is 0.493 e. The van der Waals surface area contributed by atoms with E-state index < -0.39 is 5.97 Å². The summed E-state index contributed by atoms with van der Waals surface area (Å²) in [5, 5.41) is 12.8. The van der Waals surface area contributed by atoms with E-state index in [-0.39, 0.29) is 5.56 Å². The Balaban J connectivity index is 1.87. The molecule has 0 heterocycles. The molecule has 146 valence electrons. The second-order valence-electron chi connectivity index (χ2n) is 6.64.